The Labute approximate surface area is 129 Å². The third-order valence-corrected chi connectivity index (χ3v) is 4.14. The Morgan fingerprint density at radius 3 is 3.18 bits per heavy atom. The van der Waals surface area contributed by atoms with Crippen molar-refractivity contribution in [2.75, 3.05) is 13.7 Å². The zero-order valence-corrected chi connectivity index (χ0v) is 12.9. The van der Waals surface area contributed by atoms with E-state index in [-0.39, 0.29) is 17.9 Å². The molecule has 2 N–H and O–H groups in total. The van der Waals surface area contributed by atoms with Gasteiger partial charge in [-0.15, -0.1) is 0 Å². The van der Waals surface area contributed by atoms with Crippen LogP contribution in [-0.4, -0.2) is 29.8 Å². The van der Waals surface area contributed by atoms with Gasteiger partial charge in [-0.3, -0.25) is 9.89 Å². The van der Waals surface area contributed by atoms with Crippen molar-refractivity contribution < 1.29 is 13.9 Å². The number of aromatic amines is 1. The number of nitrogens with zero attached hydrogens (tertiary/aromatic N) is 1. The van der Waals surface area contributed by atoms with Gasteiger partial charge in [-0.05, 0) is 43.9 Å². The van der Waals surface area contributed by atoms with Gasteiger partial charge in [-0.1, -0.05) is 0 Å². The van der Waals surface area contributed by atoms with Gasteiger partial charge in [-0.2, -0.15) is 5.10 Å². The lowest BCUT2D eigenvalue weighted by Gasteiger charge is -2.23. The zero-order chi connectivity index (χ0) is 15.5. The number of H-pyrrole nitrogens is 1. The standard InChI is InChI=1S/C16H21N3O3/c1-10-3-6-15(22-10)14(9-21-2)18-16(20)11-4-5-13-12(7-11)8-17-19-13/h3,6,8,11,14H,4-5,7,9H2,1-2H3,(H,17,19)(H,18,20)/t11-,14-/m0/s1. The molecule has 2 aromatic rings. The first kappa shape index (κ1) is 14.8. The second kappa shape index (κ2) is 6.36. The Balaban J connectivity index is 1.67. The van der Waals surface area contributed by atoms with E-state index in [0.717, 1.165) is 42.0 Å². The number of ether oxygens (including phenoxy) is 1. The van der Waals surface area contributed by atoms with Crippen LogP contribution in [0, 0.1) is 12.8 Å². The Bertz CT molecular complexity index is 647. The van der Waals surface area contributed by atoms with Crippen molar-refractivity contribution in [1.82, 2.24) is 15.5 Å². The lowest BCUT2D eigenvalue weighted by Crippen LogP contribution is -2.38. The van der Waals surface area contributed by atoms with Gasteiger partial charge in [0.2, 0.25) is 5.91 Å². The molecule has 0 saturated carbocycles. The molecule has 6 heteroatoms. The number of furan rings is 1. The van der Waals surface area contributed by atoms with Crippen molar-refractivity contribution in [3.05, 3.63) is 41.1 Å². The first-order valence-corrected chi connectivity index (χ1v) is 7.54. The van der Waals surface area contributed by atoms with Crippen molar-refractivity contribution in [1.29, 1.82) is 0 Å². The highest BCUT2D eigenvalue weighted by molar-refractivity contribution is 5.79. The summed E-state index contributed by atoms with van der Waals surface area (Å²) in [4.78, 5) is 12.6. The van der Waals surface area contributed by atoms with E-state index >= 15 is 0 Å². The molecule has 1 amide bonds. The quantitative estimate of drug-likeness (QED) is 0.884. The summed E-state index contributed by atoms with van der Waals surface area (Å²) in [6.45, 7) is 2.28. The normalized spacial score (nSPS) is 18.7. The van der Waals surface area contributed by atoms with E-state index in [4.69, 9.17) is 9.15 Å². The van der Waals surface area contributed by atoms with Crippen molar-refractivity contribution in [3.63, 3.8) is 0 Å². The Morgan fingerprint density at radius 1 is 1.59 bits per heavy atom. The van der Waals surface area contributed by atoms with Crippen molar-refractivity contribution >= 4 is 5.91 Å². The minimum Gasteiger partial charge on any atom is -0.464 e. The molecule has 2 heterocycles. The van der Waals surface area contributed by atoms with Crippen LogP contribution in [0.15, 0.2) is 22.7 Å². The predicted molar refractivity (Wildman–Crippen MR) is 80.3 cm³/mol. The number of carbonyl (C=O) groups excluding carboxylic acids is 1. The molecule has 0 bridgehead atoms. The fourth-order valence-electron chi connectivity index (χ4n) is 2.93. The molecule has 1 aliphatic carbocycles. The Morgan fingerprint density at radius 2 is 2.45 bits per heavy atom. The van der Waals surface area contributed by atoms with Crippen molar-refractivity contribution in [2.24, 2.45) is 5.92 Å². The van der Waals surface area contributed by atoms with Gasteiger partial charge in [-0.25, -0.2) is 0 Å². The highest BCUT2D eigenvalue weighted by atomic mass is 16.5. The molecule has 6 nitrogen and oxygen atoms in total. The number of amides is 1. The number of aryl methyl sites for hydroxylation is 2. The Kier molecular flexibility index (Phi) is 4.29. The number of hydrogen-bond donors (Lipinski definition) is 2. The van der Waals surface area contributed by atoms with Crippen LogP contribution < -0.4 is 5.32 Å². The molecule has 118 valence electrons. The Hall–Kier alpha value is -2.08. The largest absolute Gasteiger partial charge is 0.464 e. The molecule has 0 spiro atoms. The second-order valence-corrected chi connectivity index (χ2v) is 5.78. The van der Waals surface area contributed by atoms with Crippen LogP contribution in [0.4, 0.5) is 0 Å². The molecular weight excluding hydrogens is 282 g/mol. The van der Waals surface area contributed by atoms with E-state index in [1.165, 1.54) is 0 Å². The molecule has 0 aliphatic heterocycles. The van der Waals surface area contributed by atoms with Crippen LogP contribution in [0.25, 0.3) is 0 Å². The number of aromatic nitrogens is 2. The summed E-state index contributed by atoms with van der Waals surface area (Å²) in [6.07, 6.45) is 4.24. The fourth-order valence-corrected chi connectivity index (χ4v) is 2.93. The van der Waals surface area contributed by atoms with Crippen LogP contribution in [0.5, 0.6) is 0 Å². The smallest absolute Gasteiger partial charge is 0.224 e. The summed E-state index contributed by atoms with van der Waals surface area (Å²) in [5.41, 5.74) is 2.29. The molecule has 22 heavy (non-hydrogen) atoms. The maximum Gasteiger partial charge on any atom is 0.224 e. The molecule has 2 atom stereocenters. The van der Waals surface area contributed by atoms with Gasteiger partial charge >= 0.3 is 0 Å². The third-order valence-electron chi connectivity index (χ3n) is 4.14. The summed E-state index contributed by atoms with van der Waals surface area (Å²) < 4.78 is 10.8. The first-order chi connectivity index (χ1) is 10.7. The molecular formula is C16H21N3O3. The van der Waals surface area contributed by atoms with Gasteiger partial charge in [0.1, 0.15) is 17.6 Å². The molecule has 0 saturated heterocycles. The van der Waals surface area contributed by atoms with E-state index in [0.29, 0.717) is 6.61 Å². The highest BCUT2D eigenvalue weighted by Crippen LogP contribution is 2.25. The number of methoxy groups -OCH3 is 1. The van der Waals surface area contributed by atoms with Gasteiger partial charge in [0, 0.05) is 18.7 Å². The maximum atomic E-state index is 12.6. The SMILES string of the molecule is COC[C@H](NC(=O)[C@H]1CCc2[nH]ncc2C1)c1ccc(C)o1. The van der Waals surface area contributed by atoms with Gasteiger partial charge in [0.25, 0.3) is 0 Å². The summed E-state index contributed by atoms with van der Waals surface area (Å²) in [5.74, 6) is 1.57. The lowest BCUT2D eigenvalue weighted by atomic mass is 9.87. The van der Waals surface area contributed by atoms with E-state index in [1.54, 1.807) is 7.11 Å². The lowest BCUT2D eigenvalue weighted by molar-refractivity contribution is -0.126. The molecule has 2 aromatic heterocycles. The summed E-state index contributed by atoms with van der Waals surface area (Å²) in [6, 6.07) is 3.52. The average Bonchev–Trinajstić information content (AvgIpc) is 3.14. The first-order valence-electron chi connectivity index (χ1n) is 7.54. The molecule has 0 unspecified atom stereocenters. The fraction of sp³-hybridized carbons (Fsp3) is 0.500. The van der Waals surface area contributed by atoms with Crippen LogP contribution in [0.1, 0.15) is 35.2 Å². The van der Waals surface area contributed by atoms with E-state index in [9.17, 15) is 4.79 Å². The summed E-state index contributed by atoms with van der Waals surface area (Å²) in [7, 11) is 1.62. The topological polar surface area (TPSA) is 80.1 Å². The van der Waals surface area contributed by atoms with Crippen LogP contribution >= 0.6 is 0 Å². The van der Waals surface area contributed by atoms with Crippen molar-refractivity contribution in [2.45, 2.75) is 32.2 Å². The summed E-state index contributed by atoms with van der Waals surface area (Å²) >= 11 is 0. The van der Waals surface area contributed by atoms with E-state index < -0.39 is 0 Å². The molecule has 3 rings (SSSR count). The maximum absolute atomic E-state index is 12.6. The monoisotopic (exact) mass is 303 g/mol. The minimum atomic E-state index is -0.253. The second-order valence-electron chi connectivity index (χ2n) is 5.78. The predicted octanol–water partition coefficient (Wildman–Crippen LogP) is 1.92. The van der Waals surface area contributed by atoms with Crippen molar-refractivity contribution in [3.8, 4) is 0 Å². The molecule has 0 fully saturated rings. The van der Waals surface area contributed by atoms with E-state index in [2.05, 4.69) is 15.5 Å². The minimum absolute atomic E-state index is 0.0273. The number of fused-ring (bicyclic) bond motifs is 1. The van der Waals surface area contributed by atoms with Crippen LogP contribution in [-0.2, 0) is 22.4 Å². The number of hydrogen-bond acceptors (Lipinski definition) is 4. The van der Waals surface area contributed by atoms with Gasteiger partial charge < -0.3 is 14.5 Å². The van der Waals surface area contributed by atoms with Crippen LogP contribution in [0.2, 0.25) is 0 Å². The van der Waals surface area contributed by atoms with Gasteiger partial charge in [0.05, 0.1) is 12.8 Å². The molecule has 1 aliphatic rings. The molecule has 0 aromatic carbocycles. The third kappa shape index (κ3) is 3.06. The van der Waals surface area contributed by atoms with Gasteiger partial charge in [0.15, 0.2) is 0 Å². The number of rotatable bonds is 5. The number of nitrogens with one attached hydrogen (secondary N) is 2. The molecule has 0 radical (unpaired) electrons. The zero-order valence-electron chi connectivity index (χ0n) is 12.9. The highest BCUT2D eigenvalue weighted by Gasteiger charge is 2.28. The van der Waals surface area contributed by atoms with E-state index in [1.807, 2.05) is 25.3 Å². The number of carbonyl (C=O) groups is 1. The average molecular weight is 303 g/mol. The van der Waals surface area contributed by atoms with Crippen LogP contribution in [0.3, 0.4) is 0 Å². The summed E-state index contributed by atoms with van der Waals surface area (Å²) in [5, 5.41) is 10.1.